The molecule has 1 rings (SSSR count). The molecule has 0 bridgehead atoms. The third-order valence-electron chi connectivity index (χ3n) is 2.74. The van der Waals surface area contributed by atoms with Crippen LogP contribution in [-0.4, -0.2) is 0 Å². The van der Waals surface area contributed by atoms with E-state index in [0.29, 0.717) is 0 Å². The summed E-state index contributed by atoms with van der Waals surface area (Å²) in [5, 5.41) is 0. The van der Waals surface area contributed by atoms with Crippen molar-refractivity contribution in [3.05, 3.63) is 24.3 Å². The van der Waals surface area contributed by atoms with Crippen molar-refractivity contribution < 1.29 is 0 Å². The van der Waals surface area contributed by atoms with Crippen molar-refractivity contribution in [1.29, 1.82) is 0 Å². The Balaban J connectivity index is 2.47. The van der Waals surface area contributed by atoms with Crippen molar-refractivity contribution >= 4 is 0 Å². The zero-order chi connectivity index (χ0) is 8.81. The standard InChI is InChI=1S/C12H20/c1-3-11-7-5-9-12(4-2)10-6-8-11/h5-7,10-12H,3-4,8-9H2,1-2H3/b7-5-,10-6-. The number of rotatable bonds is 2. The van der Waals surface area contributed by atoms with Gasteiger partial charge in [-0.2, -0.15) is 0 Å². The van der Waals surface area contributed by atoms with Crippen LogP contribution in [0.1, 0.15) is 39.5 Å². The lowest BCUT2D eigenvalue weighted by molar-refractivity contribution is 0.590. The topological polar surface area (TPSA) is 0 Å². The van der Waals surface area contributed by atoms with E-state index in [0.717, 1.165) is 11.8 Å². The lowest BCUT2D eigenvalue weighted by Gasteiger charge is -2.13. The van der Waals surface area contributed by atoms with Gasteiger partial charge >= 0.3 is 0 Å². The van der Waals surface area contributed by atoms with E-state index < -0.39 is 0 Å². The first-order chi connectivity index (χ1) is 5.86. The second-order valence-electron chi connectivity index (χ2n) is 3.66. The minimum absolute atomic E-state index is 0.791. The van der Waals surface area contributed by atoms with Crippen LogP contribution in [0.2, 0.25) is 0 Å². The Labute approximate surface area is 76.4 Å². The van der Waals surface area contributed by atoms with E-state index in [1.165, 1.54) is 25.7 Å². The van der Waals surface area contributed by atoms with Crippen molar-refractivity contribution in [2.24, 2.45) is 11.8 Å². The summed E-state index contributed by atoms with van der Waals surface area (Å²) in [7, 11) is 0. The second kappa shape index (κ2) is 5.18. The van der Waals surface area contributed by atoms with Gasteiger partial charge in [-0.05, 0) is 37.5 Å². The van der Waals surface area contributed by atoms with Crippen LogP contribution >= 0.6 is 0 Å². The number of hydrogen-bond acceptors (Lipinski definition) is 0. The molecule has 0 aromatic rings. The van der Waals surface area contributed by atoms with E-state index >= 15 is 0 Å². The Hall–Kier alpha value is -0.520. The van der Waals surface area contributed by atoms with Crippen molar-refractivity contribution in [1.82, 2.24) is 0 Å². The predicted octanol–water partition coefficient (Wildman–Crippen LogP) is 3.95. The summed E-state index contributed by atoms with van der Waals surface area (Å²) in [5.74, 6) is 1.58. The molecule has 0 spiro atoms. The van der Waals surface area contributed by atoms with Gasteiger partial charge in [0.2, 0.25) is 0 Å². The summed E-state index contributed by atoms with van der Waals surface area (Å²) in [6.45, 7) is 4.53. The van der Waals surface area contributed by atoms with Crippen LogP contribution in [0.15, 0.2) is 24.3 Å². The second-order valence-corrected chi connectivity index (χ2v) is 3.66. The molecule has 1 aliphatic rings. The molecule has 0 radical (unpaired) electrons. The molecule has 0 aromatic heterocycles. The first-order valence-corrected chi connectivity index (χ1v) is 5.20. The van der Waals surface area contributed by atoms with Gasteiger partial charge in [-0.15, -0.1) is 0 Å². The van der Waals surface area contributed by atoms with E-state index in [1.807, 2.05) is 0 Å². The number of hydrogen-bond donors (Lipinski definition) is 0. The summed E-state index contributed by atoms with van der Waals surface area (Å²) in [4.78, 5) is 0. The molecule has 0 nitrogen and oxygen atoms in total. The van der Waals surface area contributed by atoms with Gasteiger partial charge in [0.1, 0.15) is 0 Å². The average Bonchev–Trinajstić information content (AvgIpc) is 2.05. The van der Waals surface area contributed by atoms with Crippen molar-refractivity contribution in [2.75, 3.05) is 0 Å². The zero-order valence-corrected chi connectivity index (χ0v) is 8.29. The molecule has 0 amide bonds. The summed E-state index contributed by atoms with van der Waals surface area (Å²) < 4.78 is 0. The maximum atomic E-state index is 2.40. The van der Waals surface area contributed by atoms with Gasteiger partial charge < -0.3 is 0 Å². The molecule has 0 saturated heterocycles. The van der Waals surface area contributed by atoms with Gasteiger partial charge in [0.05, 0.1) is 0 Å². The Morgan fingerprint density at radius 2 is 1.33 bits per heavy atom. The molecular formula is C12H20. The van der Waals surface area contributed by atoms with Gasteiger partial charge in [0, 0.05) is 0 Å². The van der Waals surface area contributed by atoms with E-state index in [2.05, 4.69) is 38.2 Å². The maximum absolute atomic E-state index is 2.40. The van der Waals surface area contributed by atoms with Crippen LogP contribution in [-0.2, 0) is 0 Å². The first kappa shape index (κ1) is 9.57. The van der Waals surface area contributed by atoms with E-state index in [4.69, 9.17) is 0 Å². The lowest BCUT2D eigenvalue weighted by Crippen LogP contribution is -1.98. The van der Waals surface area contributed by atoms with Gasteiger partial charge in [0.15, 0.2) is 0 Å². The molecule has 0 saturated carbocycles. The summed E-state index contributed by atoms with van der Waals surface area (Å²) in [6, 6.07) is 0. The highest BCUT2D eigenvalue weighted by Gasteiger charge is 2.04. The van der Waals surface area contributed by atoms with Crippen LogP contribution < -0.4 is 0 Å². The van der Waals surface area contributed by atoms with Crippen molar-refractivity contribution in [3.8, 4) is 0 Å². The SMILES string of the molecule is CCC1/C=C\CC(CC)/C=C\C1. The third-order valence-corrected chi connectivity index (χ3v) is 2.74. The highest BCUT2D eigenvalue weighted by atomic mass is 14.1. The largest absolute Gasteiger partial charge is 0.0877 e. The minimum Gasteiger partial charge on any atom is -0.0877 e. The molecule has 2 unspecified atom stereocenters. The molecule has 0 aromatic carbocycles. The smallest absolute Gasteiger partial charge is 0.0202 e. The van der Waals surface area contributed by atoms with Gasteiger partial charge in [-0.3, -0.25) is 0 Å². The molecule has 0 heterocycles. The predicted molar refractivity (Wildman–Crippen MR) is 55.1 cm³/mol. The molecule has 0 heteroatoms. The van der Waals surface area contributed by atoms with E-state index in [1.54, 1.807) is 0 Å². The quantitative estimate of drug-likeness (QED) is 0.542. The molecule has 68 valence electrons. The Kier molecular flexibility index (Phi) is 4.13. The summed E-state index contributed by atoms with van der Waals surface area (Å²) in [5.41, 5.74) is 0. The van der Waals surface area contributed by atoms with Crippen LogP contribution in [0.5, 0.6) is 0 Å². The monoisotopic (exact) mass is 164 g/mol. The van der Waals surface area contributed by atoms with Crippen LogP contribution in [0.25, 0.3) is 0 Å². The molecule has 0 N–H and O–H groups in total. The molecule has 12 heavy (non-hydrogen) atoms. The fourth-order valence-corrected chi connectivity index (χ4v) is 1.65. The first-order valence-electron chi connectivity index (χ1n) is 5.20. The molecular weight excluding hydrogens is 144 g/mol. The normalized spacial score (nSPS) is 35.2. The Morgan fingerprint density at radius 1 is 0.917 bits per heavy atom. The number of allylic oxidation sites excluding steroid dienone is 4. The van der Waals surface area contributed by atoms with Crippen LogP contribution in [0, 0.1) is 11.8 Å². The van der Waals surface area contributed by atoms with Gasteiger partial charge in [0.25, 0.3) is 0 Å². The molecule has 1 aliphatic carbocycles. The minimum atomic E-state index is 0.791. The molecule has 0 aliphatic heterocycles. The summed E-state index contributed by atoms with van der Waals surface area (Å²) >= 11 is 0. The lowest BCUT2D eigenvalue weighted by atomic mass is 9.93. The van der Waals surface area contributed by atoms with Gasteiger partial charge in [-0.25, -0.2) is 0 Å². The van der Waals surface area contributed by atoms with Crippen LogP contribution in [0.3, 0.4) is 0 Å². The zero-order valence-electron chi connectivity index (χ0n) is 8.29. The van der Waals surface area contributed by atoms with Crippen LogP contribution in [0.4, 0.5) is 0 Å². The molecule has 2 atom stereocenters. The van der Waals surface area contributed by atoms with E-state index in [9.17, 15) is 0 Å². The van der Waals surface area contributed by atoms with Crippen molar-refractivity contribution in [3.63, 3.8) is 0 Å². The average molecular weight is 164 g/mol. The Bertz CT molecular complexity index is 145. The van der Waals surface area contributed by atoms with E-state index in [-0.39, 0.29) is 0 Å². The molecule has 0 fully saturated rings. The maximum Gasteiger partial charge on any atom is -0.0202 e. The highest BCUT2D eigenvalue weighted by molar-refractivity contribution is 5.01. The fourth-order valence-electron chi connectivity index (χ4n) is 1.65. The third kappa shape index (κ3) is 2.84. The Morgan fingerprint density at radius 3 is 1.67 bits per heavy atom. The fraction of sp³-hybridized carbons (Fsp3) is 0.667. The van der Waals surface area contributed by atoms with Crippen molar-refractivity contribution in [2.45, 2.75) is 39.5 Å². The summed E-state index contributed by atoms with van der Waals surface area (Å²) in [6.07, 6.45) is 14.6. The highest BCUT2D eigenvalue weighted by Crippen LogP contribution is 2.19. The van der Waals surface area contributed by atoms with Gasteiger partial charge in [-0.1, -0.05) is 38.2 Å².